The highest BCUT2D eigenvalue weighted by atomic mass is 79.9. The molecule has 1 aromatic carbocycles. The Morgan fingerprint density at radius 2 is 2.20 bits per heavy atom. The van der Waals surface area contributed by atoms with Crippen LogP contribution in [0.1, 0.15) is 5.56 Å². The van der Waals surface area contributed by atoms with Crippen LogP contribution in [0.4, 0.5) is 10.1 Å². The van der Waals surface area contributed by atoms with E-state index in [2.05, 4.69) is 31.2 Å². The van der Waals surface area contributed by atoms with E-state index in [-0.39, 0.29) is 5.82 Å². The largest absolute Gasteiger partial charge is 0.378 e. The third-order valence-corrected chi connectivity index (χ3v) is 3.67. The van der Waals surface area contributed by atoms with E-state index >= 15 is 0 Å². The van der Waals surface area contributed by atoms with Crippen LogP contribution in [0.25, 0.3) is 0 Å². The Kier molecular flexibility index (Phi) is 5.14. The van der Waals surface area contributed by atoms with Crippen molar-refractivity contribution in [3.05, 3.63) is 46.4 Å². The zero-order valence-electron chi connectivity index (χ0n) is 11.6. The Morgan fingerprint density at radius 3 is 2.95 bits per heavy atom. The highest BCUT2D eigenvalue weighted by Gasteiger charge is 2.03. The molecular formula is C14H18BrFN4. The monoisotopic (exact) mass is 340 g/mol. The summed E-state index contributed by atoms with van der Waals surface area (Å²) in [7, 11) is 4.06. The SMILES string of the molecule is CN(C)CCn1cc(NCc2cc(F)ccc2Br)cn1. The lowest BCUT2D eigenvalue weighted by Crippen LogP contribution is -2.18. The fourth-order valence-electron chi connectivity index (χ4n) is 1.76. The molecule has 0 saturated heterocycles. The molecule has 0 aliphatic carbocycles. The second-order valence-corrected chi connectivity index (χ2v) is 5.74. The van der Waals surface area contributed by atoms with E-state index in [1.54, 1.807) is 12.3 Å². The van der Waals surface area contributed by atoms with E-state index in [4.69, 9.17) is 0 Å². The van der Waals surface area contributed by atoms with Gasteiger partial charge in [0, 0.05) is 23.8 Å². The zero-order valence-corrected chi connectivity index (χ0v) is 13.2. The van der Waals surface area contributed by atoms with Crippen molar-refractivity contribution in [2.24, 2.45) is 0 Å². The van der Waals surface area contributed by atoms with Gasteiger partial charge in [0.25, 0.3) is 0 Å². The molecule has 0 spiro atoms. The number of nitrogens with one attached hydrogen (secondary N) is 1. The van der Waals surface area contributed by atoms with Gasteiger partial charge in [-0.3, -0.25) is 4.68 Å². The van der Waals surface area contributed by atoms with Crippen molar-refractivity contribution in [2.75, 3.05) is 26.0 Å². The predicted molar refractivity (Wildman–Crippen MR) is 82.2 cm³/mol. The number of nitrogens with zero attached hydrogens (tertiary/aromatic N) is 3. The van der Waals surface area contributed by atoms with E-state index in [0.717, 1.165) is 28.8 Å². The Labute approximate surface area is 126 Å². The molecule has 0 fully saturated rings. The molecular weight excluding hydrogens is 323 g/mol. The van der Waals surface area contributed by atoms with Crippen molar-refractivity contribution in [1.29, 1.82) is 0 Å². The lowest BCUT2D eigenvalue weighted by atomic mass is 10.2. The molecule has 6 heteroatoms. The maximum absolute atomic E-state index is 13.2. The summed E-state index contributed by atoms with van der Waals surface area (Å²) in [6.45, 7) is 2.34. The first-order valence-electron chi connectivity index (χ1n) is 6.39. The number of rotatable bonds is 6. The smallest absolute Gasteiger partial charge is 0.123 e. The molecule has 108 valence electrons. The molecule has 1 N–H and O–H groups in total. The third-order valence-electron chi connectivity index (χ3n) is 2.90. The fourth-order valence-corrected chi connectivity index (χ4v) is 2.14. The molecule has 0 amide bonds. The highest BCUT2D eigenvalue weighted by Crippen LogP contribution is 2.19. The van der Waals surface area contributed by atoms with Gasteiger partial charge < -0.3 is 10.2 Å². The zero-order chi connectivity index (χ0) is 14.5. The number of hydrogen-bond acceptors (Lipinski definition) is 3. The van der Waals surface area contributed by atoms with Gasteiger partial charge in [-0.15, -0.1) is 0 Å². The van der Waals surface area contributed by atoms with E-state index in [1.807, 2.05) is 25.0 Å². The quantitative estimate of drug-likeness (QED) is 0.877. The van der Waals surface area contributed by atoms with Gasteiger partial charge in [0.15, 0.2) is 0 Å². The average molecular weight is 341 g/mol. The first-order valence-corrected chi connectivity index (χ1v) is 7.19. The Hall–Kier alpha value is -1.40. The van der Waals surface area contributed by atoms with Gasteiger partial charge in [-0.2, -0.15) is 5.10 Å². The summed E-state index contributed by atoms with van der Waals surface area (Å²) >= 11 is 3.42. The summed E-state index contributed by atoms with van der Waals surface area (Å²) in [5, 5.41) is 7.53. The van der Waals surface area contributed by atoms with Gasteiger partial charge in [-0.1, -0.05) is 15.9 Å². The average Bonchev–Trinajstić information content (AvgIpc) is 2.85. The minimum absolute atomic E-state index is 0.230. The number of halogens is 2. The molecule has 0 atom stereocenters. The van der Waals surface area contributed by atoms with Crippen LogP contribution in [0.15, 0.2) is 35.1 Å². The van der Waals surface area contributed by atoms with E-state index in [9.17, 15) is 4.39 Å². The maximum atomic E-state index is 13.2. The van der Waals surface area contributed by atoms with Crippen molar-refractivity contribution in [3.63, 3.8) is 0 Å². The van der Waals surface area contributed by atoms with Crippen LogP contribution in [-0.2, 0) is 13.1 Å². The van der Waals surface area contributed by atoms with Crippen LogP contribution in [0.5, 0.6) is 0 Å². The molecule has 20 heavy (non-hydrogen) atoms. The number of anilines is 1. The molecule has 1 heterocycles. The minimum atomic E-state index is -0.230. The summed E-state index contributed by atoms with van der Waals surface area (Å²) in [4.78, 5) is 2.11. The van der Waals surface area contributed by atoms with Crippen LogP contribution in [0.3, 0.4) is 0 Å². The molecule has 0 unspecified atom stereocenters. The van der Waals surface area contributed by atoms with Gasteiger partial charge in [-0.25, -0.2) is 4.39 Å². The number of aromatic nitrogens is 2. The first kappa shape index (κ1) is 15.0. The molecule has 0 aliphatic rings. The lowest BCUT2D eigenvalue weighted by molar-refractivity contribution is 0.373. The fraction of sp³-hybridized carbons (Fsp3) is 0.357. The molecule has 0 aliphatic heterocycles. The second kappa shape index (κ2) is 6.85. The van der Waals surface area contributed by atoms with Crippen LogP contribution in [0.2, 0.25) is 0 Å². The van der Waals surface area contributed by atoms with Crippen LogP contribution in [0, 0.1) is 5.82 Å². The number of likely N-dealkylation sites (N-methyl/N-ethyl adjacent to an activating group) is 1. The Balaban J connectivity index is 1.92. The van der Waals surface area contributed by atoms with Gasteiger partial charge in [0.2, 0.25) is 0 Å². The van der Waals surface area contributed by atoms with Crippen LogP contribution in [-0.4, -0.2) is 35.3 Å². The molecule has 0 radical (unpaired) electrons. The standard InChI is InChI=1S/C14H18BrFN4/c1-19(2)5-6-20-10-13(9-18-20)17-8-11-7-12(16)3-4-14(11)15/h3-4,7,9-10,17H,5-6,8H2,1-2H3. The van der Waals surface area contributed by atoms with E-state index in [0.29, 0.717) is 6.54 Å². The van der Waals surface area contributed by atoms with Gasteiger partial charge >= 0.3 is 0 Å². The third kappa shape index (κ3) is 4.31. The van der Waals surface area contributed by atoms with Crippen molar-refractivity contribution in [1.82, 2.24) is 14.7 Å². The van der Waals surface area contributed by atoms with Crippen molar-refractivity contribution in [3.8, 4) is 0 Å². The summed E-state index contributed by atoms with van der Waals surface area (Å²) in [5.41, 5.74) is 1.81. The predicted octanol–water partition coefficient (Wildman–Crippen LogP) is 2.96. The summed E-state index contributed by atoms with van der Waals surface area (Å²) < 4.78 is 16.0. The van der Waals surface area contributed by atoms with Crippen molar-refractivity contribution >= 4 is 21.6 Å². The van der Waals surface area contributed by atoms with Gasteiger partial charge in [-0.05, 0) is 37.9 Å². The Morgan fingerprint density at radius 1 is 1.40 bits per heavy atom. The highest BCUT2D eigenvalue weighted by molar-refractivity contribution is 9.10. The first-order chi connectivity index (χ1) is 9.54. The molecule has 1 aromatic heterocycles. The van der Waals surface area contributed by atoms with Crippen molar-refractivity contribution < 1.29 is 4.39 Å². The summed E-state index contributed by atoms with van der Waals surface area (Å²) in [5.74, 6) is -0.230. The second-order valence-electron chi connectivity index (χ2n) is 4.88. The van der Waals surface area contributed by atoms with Gasteiger partial charge in [0.1, 0.15) is 5.82 Å². The summed E-state index contributed by atoms with van der Waals surface area (Å²) in [6.07, 6.45) is 3.74. The van der Waals surface area contributed by atoms with E-state index in [1.165, 1.54) is 12.1 Å². The molecule has 2 rings (SSSR count). The Bertz CT molecular complexity index is 568. The normalized spacial score (nSPS) is 11.1. The number of hydrogen-bond donors (Lipinski definition) is 1. The molecule has 0 bridgehead atoms. The molecule has 4 nitrogen and oxygen atoms in total. The van der Waals surface area contributed by atoms with Crippen molar-refractivity contribution in [2.45, 2.75) is 13.1 Å². The van der Waals surface area contributed by atoms with Crippen LogP contribution >= 0.6 is 15.9 Å². The van der Waals surface area contributed by atoms with Gasteiger partial charge in [0.05, 0.1) is 18.4 Å². The molecule has 0 saturated carbocycles. The molecule has 2 aromatic rings. The van der Waals surface area contributed by atoms with Crippen LogP contribution < -0.4 is 5.32 Å². The lowest BCUT2D eigenvalue weighted by Gasteiger charge is -2.09. The minimum Gasteiger partial charge on any atom is -0.378 e. The number of benzene rings is 1. The van der Waals surface area contributed by atoms with E-state index < -0.39 is 0 Å². The maximum Gasteiger partial charge on any atom is 0.123 e. The topological polar surface area (TPSA) is 33.1 Å². The summed E-state index contributed by atoms with van der Waals surface area (Å²) in [6, 6.07) is 4.67.